The summed E-state index contributed by atoms with van der Waals surface area (Å²) in [5, 5.41) is 3.43. The molecule has 0 amide bonds. The first-order valence-electron chi connectivity index (χ1n) is 9.90. The second kappa shape index (κ2) is 8.67. The van der Waals surface area contributed by atoms with Crippen LogP contribution in [0.25, 0.3) is 11.0 Å². The van der Waals surface area contributed by atoms with Gasteiger partial charge in [0.15, 0.2) is 10.5 Å². The molecule has 0 saturated carbocycles. The molecule has 0 aliphatic carbocycles. The first-order valence-corrected chi connectivity index (χ1v) is 12.1. The van der Waals surface area contributed by atoms with Crippen molar-refractivity contribution in [2.75, 3.05) is 5.32 Å². The average Bonchev–Trinajstić information content (AvgIpc) is 2.66. The molecule has 7 nitrogen and oxygen atoms in total. The van der Waals surface area contributed by atoms with Crippen molar-refractivity contribution < 1.29 is 12.8 Å². The smallest absolute Gasteiger partial charge is 0.260 e. The predicted octanol–water partition coefficient (Wildman–Crippen LogP) is 5.36. The van der Waals surface area contributed by atoms with Crippen LogP contribution in [0.4, 0.5) is 5.69 Å². The quantitative estimate of drug-likeness (QED) is 0.459. The van der Waals surface area contributed by atoms with Crippen molar-refractivity contribution in [3.63, 3.8) is 0 Å². The van der Waals surface area contributed by atoms with Crippen molar-refractivity contribution in [2.24, 2.45) is 0 Å². The molecule has 3 aromatic rings. The maximum absolute atomic E-state index is 13.0. The third kappa shape index (κ3) is 5.09. The lowest BCUT2D eigenvalue weighted by molar-refractivity contribution is 0.490. The van der Waals surface area contributed by atoms with Gasteiger partial charge in [0.05, 0.1) is 22.7 Å². The Hall–Kier alpha value is -2.13. The number of anilines is 1. The first kappa shape index (κ1) is 24.5. The SMILES string of the molecule is Cc1cc([C@@H](C)Nc2ccc(Cl)nc2S(=O)(=O)NC(C)(C)C)c2oc(Cl)c(C)c(=O)c2c1. The molecule has 0 aliphatic rings. The molecule has 0 fully saturated rings. The van der Waals surface area contributed by atoms with Gasteiger partial charge < -0.3 is 9.73 Å². The number of pyridine rings is 1. The summed E-state index contributed by atoms with van der Waals surface area (Å²) in [7, 11) is -3.97. The highest BCUT2D eigenvalue weighted by Crippen LogP contribution is 2.32. The fourth-order valence-electron chi connectivity index (χ4n) is 3.36. The number of rotatable bonds is 5. The number of aromatic nitrogens is 1. The second-order valence-corrected chi connectivity index (χ2v) is 11.1. The van der Waals surface area contributed by atoms with Crippen LogP contribution in [0.15, 0.2) is 38.5 Å². The number of halogens is 2. The largest absolute Gasteiger partial charge is 0.444 e. The monoisotopic (exact) mass is 497 g/mol. The molecule has 10 heteroatoms. The van der Waals surface area contributed by atoms with E-state index in [1.165, 1.54) is 6.07 Å². The maximum Gasteiger partial charge on any atom is 0.260 e. The summed E-state index contributed by atoms with van der Waals surface area (Å²) in [6.45, 7) is 10.5. The molecule has 0 unspecified atom stereocenters. The molecule has 32 heavy (non-hydrogen) atoms. The van der Waals surface area contributed by atoms with Crippen LogP contribution in [0, 0.1) is 13.8 Å². The minimum atomic E-state index is -3.97. The highest BCUT2D eigenvalue weighted by molar-refractivity contribution is 7.89. The summed E-state index contributed by atoms with van der Waals surface area (Å²) in [5.74, 6) is 0. The maximum atomic E-state index is 13.0. The molecule has 172 valence electrons. The third-order valence-corrected chi connectivity index (χ3v) is 6.97. The number of nitrogens with one attached hydrogen (secondary N) is 2. The highest BCUT2D eigenvalue weighted by atomic mass is 35.5. The number of hydrogen-bond acceptors (Lipinski definition) is 6. The molecule has 0 saturated heterocycles. The fraction of sp³-hybridized carbons (Fsp3) is 0.364. The molecule has 0 spiro atoms. The van der Waals surface area contributed by atoms with E-state index in [0.29, 0.717) is 22.1 Å². The molecule has 2 N–H and O–H groups in total. The van der Waals surface area contributed by atoms with Gasteiger partial charge in [0.2, 0.25) is 5.22 Å². The number of hydrogen-bond donors (Lipinski definition) is 2. The van der Waals surface area contributed by atoms with Crippen LogP contribution in [0.3, 0.4) is 0 Å². The van der Waals surface area contributed by atoms with Crippen molar-refractivity contribution in [3.8, 4) is 0 Å². The van der Waals surface area contributed by atoms with Gasteiger partial charge in [-0.2, -0.15) is 0 Å². The first-order chi connectivity index (χ1) is 14.7. The van der Waals surface area contributed by atoms with Gasteiger partial charge in [0.1, 0.15) is 10.7 Å². The molecule has 0 radical (unpaired) electrons. The topological polar surface area (TPSA) is 101 Å². The minimum absolute atomic E-state index is 0.0191. The van der Waals surface area contributed by atoms with Gasteiger partial charge in [-0.15, -0.1) is 0 Å². The molecule has 3 rings (SSSR count). The second-order valence-electron chi connectivity index (χ2n) is 8.77. The van der Waals surface area contributed by atoms with Crippen LogP contribution >= 0.6 is 23.2 Å². The van der Waals surface area contributed by atoms with Crippen molar-refractivity contribution >= 4 is 49.9 Å². The van der Waals surface area contributed by atoms with Crippen LogP contribution in [0.2, 0.25) is 10.4 Å². The van der Waals surface area contributed by atoms with Crippen LogP contribution < -0.4 is 15.5 Å². The van der Waals surface area contributed by atoms with Crippen LogP contribution in [-0.4, -0.2) is 18.9 Å². The standard InChI is InChI=1S/C22H25Cl2N3O4S/c1-11-9-14(19-15(10-11)18(28)12(2)20(24)31-19)13(3)25-16-7-8-17(23)26-21(16)32(29,30)27-22(4,5)6/h7-10,13,25,27H,1-6H3/t13-/m1/s1. The van der Waals surface area contributed by atoms with Crippen LogP contribution in [0.5, 0.6) is 0 Å². The Labute approximate surface area is 197 Å². The van der Waals surface area contributed by atoms with Gasteiger partial charge in [0.25, 0.3) is 10.0 Å². The van der Waals surface area contributed by atoms with E-state index < -0.39 is 21.6 Å². The molecule has 2 aromatic heterocycles. The van der Waals surface area contributed by atoms with Crippen molar-refractivity contribution in [2.45, 2.75) is 58.1 Å². The molecule has 1 atom stereocenters. The summed E-state index contributed by atoms with van der Waals surface area (Å²) in [4.78, 5) is 16.8. The summed E-state index contributed by atoms with van der Waals surface area (Å²) < 4.78 is 34.3. The number of fused-ring (bicyclic) bond motifs is 1. The van der Waals surface area contributed by atoms with Gasteiger partial charge in [-0.3, -0.25) is 4.79 Å². The van der Waals surface area contributed by atoms with E-state index in [4.69, 9.17) is 27.6 Å². The normalized spacial score (nSPS) is 13.4. The van der Waals surface area contributed by atoms with E-state index in [9.17, 15) is 13.2 Å². The average molecular weight is 498 g/mol. The molecule has 0 bridgehead atoms. The number of nitrogens with zero attached hydrogens (tertiary/aromatic N) is 1. The number of sulfonamides is 1. The molecule has 2 heterocycles. The van der Waals surface area contributed by atoms with E-state index >= 15 is 0 Å². The van der Waals surface area contributed by atoms with E-state index in [1.54, 1.807) is 39.8 Å². The minimum Gasteiger partial charge on any atom is -0.444 e. The Morgan fingerprint density at radius 3 is 2.41 bits per heavy atom. The lowest BCUT2D eigenvalue weighted by atomic mass is 10.0. The summed E-state index contributed by atoms with van der Waals surface area (Å²) >= 11 is 12.1. The van der Waals surface area contributed by atoms with Gasteiger partial charge in [-0.25, -0.2) is 18.1 Å². The summed E-state index contributed by atoms with van der Waals surface area (Å²) in [6.07, 6.45) is 0. The van der Waals surface area contributed by atoms with Gasteiger partial charge >= 0.3 is 0 Å². The summed E-state index contributed by atoms with van der Waals surface area (Å²) in [6, 6.07) is 6.20. The third-order valence-electron chi connectivity index (χ3n) is 4.69. The Balaban J connectivity index is 2.12. The van der Waals surface area contributed by atoms with Gasteiger partial charge in [0, 0.05) is 11.1 Å². The van der Waals surface area contributed by atoms with E-state index in [2.05, 4.69) is 15.0 Å². The Kier molecular flexibility index (Phi) is 6.64. The Bertz CT molecular complexity index is 1360. The zero-order valence-corrected chi connectivity index (χ0v) is 21.0. The van der Waals surface area contributed by atoms with Crippen molar-refractivity contribution in [1.82, 2.24) is 9.71 Å². The van der Waals surface area contributed by atoms with E-state index in [1.807, 2.05) is 19.9 Å². The molecule has 1 aromatic carbocycles. The van der Waals surface area contributed by atoms with Gasteiger partial charge in [-0.1, -0.05) is 17.7 Å². The van der Waals surface area contributed by atoms with E-state index in [-0.39, 0.29) is 26.5 Å². The van der Waals surface area contributed by atoms with Crippen LogP contribution in [-0.2, 0) is 10.0 Å². The summed E-state index contributed by atoms with van der Waals surface area (Å²) in [5.41, 5.74) is 1.52. The van der Waals surface area contributed by atoms with Crippen molar-refractivity contribution in [1.29, 1.82) is 0 Å². The lowest BCUT2D eigenvalue weighted by Crippen LogP contribution is -2.41. The highest BCUT2D eigenvalue weighted by Gasteiger charge is 2.27. The number of benzene rings is 1. The van der Waals surface area contributed by atoms with Gasteiger partial charge in [-0.05, 0) is 76.9 Å². The molecule has 0 aliphatic heterocycles. The lowest BCUT2D eigenvalue weighted by Gasteiger charge is -2.23. The van der Waals surface area contributed by atoms with E-state index in [0.717, 1.165) is 5.56 Å². The number of aryl methyl sites for hydroxylation is 1. The van der Waals surface area contributed by atoms with Crippen LogP contribution in [0.1, 0.15) is 50.4 Å². The zero-order chi connectivity index (χ0) is 24.0. The fourth-order valence-corrected chi connectivity index (χ4v) is 5.26. The van der Waals surface area contributed by atoms with Crippen molar-refractivity contribution in [3.05, 3.63) is 61.6 Å². The molecular formula is C22H25Cl2N3O4S. The molecular weight excluding hydrogens is 473 g/mol. The Morgan fingerprint density at radius 2 is 1.78 bits per heavy atom. The predicted molar refractivity (Wildman–Crippen MR) is 128 cm³/mol. The zero-order valence-electron chi connectivity index (χ0n) is 18.6. The Morgan fingerprint density at radius 1 is 1.12 bits per heavy atom.